The van der Waals surface area contributed by atoms with E-state index in [9.17, 15) is 0 Å². The molecule has 0 aliphatic heterocycles. The van der Waals surface area contributed by atoms with E-state index >= 15 is 0 Å². The molecular formula is C9H6BrMgN. The van der Waals surface area contributed by atoms with E-state index in [1.54, 1.807) is 6.20 Å². The Balaban J connectivity index is 0.000000605. The summed E-state index contributed by atoms with van der Waals surface area (Å²) in [5.41, 5.74) is 0. The van der Waals surface area contributed by atoms with Gasteiger partial charge >= 0.3 is 23.1 Å². The van der Waals surface area contributed by atoms with E-state index < -0.39 is 0 Å². The molecule has 2 rings (SSSR count). The molecule has 1 aromatic carbocycles. The molecule has 0 atom stereocenters. The Kier molecular flexibility index (Phi) is 5.45. The van der Waals surface area contributed by atoms with Gasteiger partial charge < -0.3 is 22.0 Å². The molecule has 56 valence electrons. The van der Waals surface area contributed by atoms with Crippen LogP contribution in [0.15, 0.2) is 36.5 Å². The molecule has 2 aromatic rings. The molecule has 0 N–H and O–H groups in total. The van der Waals surface area contributed by atoms with Crippen LogP contribution in [0.5, 0.6) is 0 Å². The first kappa shape index (κ1) is 11.9. The second-order valence-corrected chi connectivity index (χ2v) is 2.14. The van der Waals surface area contributed by atoms with E-state index in [0.717, 1.165) is 5.39 Å². The van der Waals surface area contributed by atoms with Crippen LogP contribution in [0, 0.1) is 6.20 Å². The van der Waals surface area contributed by atoms with Gasteiger partial charge in [-0.1, -0.05) is 18.3 Å². The molecule has 0 fully saturated rings. The van der Waals surface area contributed by atoms with Gasteiger partial charge in [-0.05, 0) is 6.20 Å². The Labute approximate surface area is 98.1 Å². The van der Waals surface area contributed by atoms with Crippen molar-refractivity contribution in [1.29, 1.82) is 0 Å². The third-order valence-electron chi connectivity index (χ3n) is 1.47. The van der Waals surface area contributed by atoms with Crippen LogP contribution in [0.1, 0.15) is 0 Å². The average molecular weight is 232 g/mol. The van der Waals surface area contributed by atoms with Gasteiger partial charge in [-0.25, -0.2) is 0 Å². The Morgan fingerprint density at radius 1 is 1.08 bits per heavy atom. The molecule has 1 heterocycles. The minimum atomic E-state index is 0. The number of pyridine rings is 1. The Morgan fingerprint density at radius 2 is 1.83 bits per heavy atom. The molecule has 0 saturated heterocycles. The molecule has 0 saturated carbocycles. The van der Waals surface area contributed by atoms with E-state index in [1.165, 1.54) is 5.39 Å². The minimum Gasteiger partial charge on any atom is -1.00 e. The van der Waals surface area contributed by atoms with Crippen molar-refractivity contribution in [3.05, 3.63) is 42.7 Å². The standard InChI is InChI=1S/C9H6N.BrH.Mg/c1-2-4-9-7-10-6-5-8(9)3-1;;/h1-6H;1H;/q-1;;+2/p-1. The second kappa shape index (κ2) is 5.51. The van der Waals surface area contributed by atoms with Crippen molar-refractivity contribution in [3.8, 4) is 0 Å². The van der Waals surface area contributed by atoms with Crippen LogP contribution in [0.3, 0.4) is 0 Å². The van der Waals surface area contributed by atoms with Crippen molar-refractivity contribution in [1.82, 2.24) is 4.98 Å². The van der Waals surface area contributed by atoms with Gasteiger partial charge in [0.25, 0.3) is 0 Å². The van der Waals surface area contributed by atoms with Crippen molar-refractivity contribution in [3.63, 3.8) is 0 Å². The normalized spacial score (nSPS) is 8.33. The fourth-order valence-electron chi connectivity index (χ4n) is 0.969. The molecule has 0 bridgehead atoms. The molecule has 3 heteroatoms. The van der Waals surface area contributed by atoms with E-state index in [-0.39, 0.29) is 40.0 Å². The first-order valence-electron chi connectivity index (χ1n) is 3.18. The molecule has 1 aromatic heterocycles. The summed E-state index contributed by atoms with van der Waals surface area (Å²) in [6.45, 7) is 0. The number of nitrogens with zero attached hydrogens (tertiary/aromatic N) is 1. The third kappa shape index (κ3) is 2.43. The maximum absolute atomic E-state index is 3.89. The monoisotopic (exact) mass is 231 g/mol. The third-order valence-corrected chi connectivity index (χ3v) is 1.47. The quantitative estimate of drug-likeness (QED) is 0.405. The summed E-state index contributed by atoms with van der Waals surface area (Å²) in [4.78, 5) is 3.89. The summed E-state index contributed by atoms with van der Waals surface area (Å²) in [5.74, 6) is 0. The predicted molar refractivity (Wildman–Crippen MR) is 46.3 cm³/mol. The van der Waals surface area contributed by atoms with E-state index in [2.05, 4.69) is 11.2 Å². The molecule has 0 radical (unpaired) electrons. The molecular weight excluding hydrogens is 226 g/mol. The number of rotatable bonds is 0. The first-order valence-corrected chi connectivity index (χ1v) is 3.18. The van der Waals surface area contributed by atoms with Gasteiger partial charge in [0, 0.05) is 0 Å². The summed E-state index contributed by atoms with van der Waals surface area (Å²) in [6.07, 6.45) is 4.65. The summed E-state index contributed by atoms with van der Waals surface area (Å²) in [6, 6.07) is 10.0. The Morgan fingerprint density at radius 3 is 2.58 bits per heavy atom. The van der Waals surface area contributed by atoms with Crippen molar-refractivity contribution in [2.75, 3.05) is 0 Å². The number of benzene rings is 1. The zero-order valence-electron chi connectivity index (χ0n) is 6.50. The molecule has 0 unspecified atom stereocenters. The zero-order valence-corrected chi connectivity index (χ0v) is 9.50. The van der Waals surface area contributed by atoms with Crippen molar-refractivity contribution < 1.29 is 17.0 Å². The van der Waals surface area contributed by atoms with Gasteiger partial charge in [0.05, 0.1) is 0 Å². The minimum absolute atomic E-state index is 0. The van der Waals surface area contributed by atoms with E-state index in [4.69, 9.17) is 0 Å². The number of aromatic nitrogens is 1. The number of hydrogen-bond acceptors (Lipinski definition) is 1. The van der Waals surface area contributed by atoms with Crippen LogP contribution in [0.25, 0.3) is 10.8 Å². The number of hydrogen-bond donors (Lipinski definition) is 0. The maximum atomic E-state index is 3.89. The smallest absolute Gasteiger partial charge is 1.00 e. The van der Waals surface area contributed by atoms with Crippen molar-refractivity contribution in [2.24, 2.45) is 0 Å². The maximum Gasteiger partial charge on any atom is 2.00 e. The molecule has 0 aliphatic carbocycles. The van der Waals surface area contributed by atoms with Crippen LogP contribution < -0.4 is 17.0 Å². The fraction of sp³-hybridized carbons (Fsp3) is 0. The SMILES string of the molecule is [Br-].[Mg+2].[c-]1nccc2ccccc12. The van der Waals surface area contributed by atoms with Crippen LogP contribution in [0.4, 0.5) is 0 Å². The number of halogens is 1. The predicted octanol–water partition coefficient (Wildman–Crippen LogP) is -1.34. The van der Waals surface area contributed by atoms with Gasteiger partial charge in [-0.15, -0.1) is 29.0 Å². The van der Waals surface area contributed by atoms with Gasteiger partial charge in [0.15, 0.2) is 0 Å². The molecule has 0 spiro atoms. The largest absolute Gasteiger partial charge is 2.00 e. The van der Waals surface area contributed by atoms with Crippen LogP contribution >= 0.6 is 0 Å². The van der Waals surface area contributed by atoms with E-state index in [0.29, 0.717) is 0 Å². The van der Waals surface area contributed by atoms with Gasteiger partial charge in [0.2, 0.25) is 0 Å². The Hall–Kier alpha value is -0.124. The van der Waals surface area contributed by atoms with Crippen LogP contribution in [0.2, 0.25) is 0 Å². The molecule has 12 heavy (non-hydrogen) atoms. The van der Waals surface area contributed by atoms with Crippen LogP contribution in [-0.2, 0) is 0 Å². The summed E-state index contributed by atoms with van der Waals surface area (Å²) >= 11 is 0. The van der Waals surface area contributed by atoms with E-state index in [1.807, 2.05) is 30.3 Å². The molecule has 0 aliphatic rings. The topological polar surface area (TPSA) is 12.9 Å². The second-order valence-electron chi connectivity index (χ2n) is 2.14. The average Bonchev–Trinajstić information content (AvgIpc) is 2.05. The van der Waals surface area contributed by atoms with Gasteiger partial charge in [-0.3, -0.25) is 0 Å². The van der Waals surface area contributed by atoms with Crippen LogP contribution in [-0.4, -0.2) is 28.0 Å². The fourth-order valence-corrected chi connectivity index (χ4v) is 0.969. The van der Waals surface area contributed by atoms with Gasteiger partial charge in [0.1, 0.15) is 0 Å². The first-order chi connectivity index (χ1) is 4.97. The summed E-state index contributed by atoms with van der Waals surface area (Å²) in [5, 5.41) is 2.27. The summed E-state index contributed by atoms with van der Waals surface area (Å²) in [7, 11) is 0. The summed E-state index contributed by atoms with van der Waals surface area (Å²) < 4.78 is 0. The number of fused-ring (bicyclic) bond motifs is 1. The zero-order chi connectivity index (χ0) is 6.81. The Bertz CT molecular complexity index is 286. The van der Waals surface area contributed by atoms with Gasteiger partial charge in [-0.2, -0.15) is 0 Å². The molecule has 0 amide bonds. The van der Waals surface area contributed by atoms with Crippen molar-refractivity contribution in [2.45, 2.75) is 0 Å². The van der Waals surface area contributed by atoms with Crippen molar-refractivity contribution >= 4 is 33.8 Å². The molecule has 1 nitrogen and oxygen atoms in total.